The summed E-state index contributed by atoms with van der Waals surface area (Å²) in [6.07, 6.45) is 1.69. The highest BCUT2D eigenvalue weighted by atomic mass is 16.5. The molecule has 2 N–H and O–H groups in total. The van der Waals surface area contributed by atoms with Gasteiger partial charge >= 0.3 is 12.0 Å². The van der Waals surface area contributed by atoms with Crippen LogP contribution in [0.3, 0.4) is 0 Å². The summed E-state index contributed by atoms with van der Waals surface area (Å²) in [7, 11) is 1.69. The molecule has 3 amide bonds. The predicted octanol–water partition coefficient (Wildman–Crippen LogP) is 0.664. The molecule has 0 unspecified atom stereocenters. The number of aryl methyl sites for hydroxylation is 1. The molecule has 0 saturated carbocycles. The second kappa shape index (κ2) is 7.32. The molecule has 0 fully saturated rings. The minimum atomic E-state index is -0.672. The topological polar surface area (TPSA) is 89.4 Å². The van der Waals surface area contributed by atoms with E-state index in [2.05, 4.69) is 10.6 Å². The van der Waals surface area contributed by atoms with Crippen molar-refractivity contribution in [3.63, 3.8) is 0 Å². The minimum absolute atomic E-state index is 0.283. The van der Waals surface area contributed by atoms with Crippen LogP contribution in [-0.4, -0.2) is 35.6 Å². The number of nitrogens with zero attached hydrogens (tertiary/aromatic N) is 1. The third-order valence-corrected chi connectivity index (χ3v) is 2.41. The number of urea groups is 1. The number of carbonyl (C=O) groups excluding carboxylic acids is 3. The molecule has 1 heterocycles. The number of ether oxygens (including phenoxy) is 1. The van der Waals surface area contributed by atoms with Gasteiger partial charge in [0.2, 0.25) is 0 Å². The Morgan fingerprint density at radius 1 is 1.35 bits per heavy atom. The molecule has 1 aromatic heterocycles. The van der Waals surface area contributed by atoms with Crippen LogP contribution in [0, 0.1) is 5.92 Å². The van der Waals surface area contributed by atoms with Gasteiger partial charge < -0.3 is 14.6 Å². The molecule has 0 aliphatic heterocycles. The number of nitrogens with one attached hydrogen (secondary N) is 2. The predicted molar refractivity (Wildman–Crippen MR) is 72.1 cm³/mol. The Hall–Kier alpha value is -2.31. The highest BCUT2D eigenvalue weighted by molar-refractivity contribution is 5.96. The van der Waals surface area contributed by atoms with E-state index >= 15 is 0 Å². The first-order valence-corrected chi connectivity index (χ1v) is 6.26. The summed E-state index contributed by atoms with van der Waals surface area (Å²) in [4.78, 5) is 34.3. The van der Waals surface area contributed by atoms with E-state index in [0.29, 0.717) is 12.2 Å². The zero-order chi connectivity index (χ0) is 15.1. The van der Waals surface area contributed by atoms with Gasteiger partial charge in [-0.05, 0) is 18.1 Å². The number of carbonyl (C=O) groups is 3. The number of imide groups is 1. The van der Waals surface area contributed by atoms with Gasteiger partial charge in [0, 0.05) is 19.8 Å². The van der Waals surface area contributed by atoms with E-state index in [4.69, 9.17) is 4.74 Å². The maximum atomic E-state index is 11.6. The molecule has 1 rings (SSSR count). The molecular weight excluding hydrogens is 262 g/mol. The largest absolute Gasteiger partial charge is 0.451 e. The monoisotopic (exact) mass is 281 g/mol. The Bertz CT molecular complexity index is 494. The first-order chi connectivity index (χ1) is 9.40. The van der Waals surface area contributed by atoms with Gasteiger partial charge in [-0.25, -0.2) is 9.59 Å². The molecule has 0 spiro atoms. The van der Waals surface area contributed by atoms with Crippen LogP contribution in [0.25, 0.3) is 0 Å². The molecule has 0 aliphatic carbocycles. The maximum absolute atomic E-state index is 11.6. The van der Waals surface area contributed by atoms with Crippen molar-refractivity contribution in [3.8, 4) is 0 Å². The van der Waals surface area contributed by atoms with E-state index in [9.17, 15) is 14.4 Å². The summed E-state index contributed by atoms with van der Waals surface area (Å²) >= 11 is 0. The molecule has 0 aliphatic rings. The van der Waals surface area contributed by atoms with Crippen LogP contribution in [0.1, 0.15) is 24.3 Å². The Labute approximate surface area is 117 Å². The van der Waals surface area contributed by atoms with Crippen LogP contribution < -0.4 is 10.6 Å². The number of esters is 1. The zero-order valence-electron chi connectivity index (χ0n) is 11.8. The van der Waals surface area contributed by atoms with Gasteiger partial charge in [0.25, 0.3) is 5.91 Å². The summed E-state index contributed by atoms with van der Waals surface area (Å²) in [6.45, 7) is 3.83. The third kappa shape index (κ3) is 5.13. The van der Waals surface area contributed by atoms with Crippen LogP contribution in [0.15, 0.2) is 18.3 Å². The van der Waals surface area contributed by atoms with Gasteiger partial charge in [0.1, 0.15) is 5.69 Å². The Balaban J connectivity index is 2.31. The van der Waals surface area contributed by atoms with Crippen LogP contribution in [-0.2, 0) is 16.6 Å². The first-order valence-electron chi connectivity index (χ1n) is 6.26. The molecule has 0 atom stereocenters. The minimum Gasteiger partial charge on any atom is -0.451 e. The summed E-state index contributed by atoms with van der Waals surface area (Å²) in [5, 5.41) is 4.60. The van der Waals surface area contributed by atoms with E-state index in [1.165, 1.54) is 0 Å². The number of rotatable bonds is 5. The van der Waals surface area contributed by atoms with Gasteiger partial charge in [0.05, 0.1) is 0 Å². The van der Waals surface area contributed by atoms with E-state index in [-0.39, 0.29) is 5.92 Å². The fourth-order valence-electron chi connectivity index (χ4n) is 1.38. The molecule has 110 valence electrons. The van der Waals surface area contributed by atoms with Crippen LogP contribution in [0.2, 0.25) is 0 Å². The molecule has 0 saturated heterocycles. The van der Waals surface area contributed by atoms with Crippen molar-refractivity contribution in [1.82, 2.24) is 15.2 Å². The summed E-state index contributed by atoms with van der Waals surface area (Å²) in [6, 6.07) is 2.67. The van der Waals surface area contributed by atoms with Gasteiger partial charge in [-0.2, -0.15) is 0 Å². The Morgan fingerprint density at radius 2 is 2.05 bits per heavy atom. The lowest BCUT2D eigenvalue weighted by Crippen LogP contribution is -2.42. The van der Waals surface area contributed by atoms with Crippen molar-refractivity contribution in [1.29, 1.82) is 0 Å². The third-order valence-electron chi connectivity index (χ3n) is 2.41. The van der Waals surface area contributed by atoms with Gasteiger partial charge in [-0.15, -0.1) is 0 Å². The molecule has 7 heteroatoms. The lowest BCUT2D eigenvalue weighted by atomic mass is 10.2. The average molecular weight is 281 g/mol. The maximum Gasteiger partial charge on any atom is 0.355 e. The van der Waals surface area contributed by atoms with Crippen LogP contribution in [0.4, 0.5) is 4.79 Å². The molecular formula is C13H19N3O4. The summed E-state index contributed by atoms with van der Waals surface area (Å²) in [5.74, 6) is -1.00. The highest BCUT2D eigenvalue weighted by Gasteiger charge is 2.14. The lowest BCUT2D eigenvalue weighted by molar-refractivity contribution is -0.123. The molecule has 1 aromatic rings. The molecule has 0 radical (unpaired) electrons. The normalized spacial score (nSPS) is 10.2. The van der Waals surface area contributed by atoms with Crippen molar-refractivity contribution in [3.05, 3.63) is 24.0 Å². The summed E-state index contributed by atoms with van der Waals surface area (Å²) in [5.41, 5.74) is 0.335. The Kier molecular flexibility index (Phi) is 5.76. The van der Waals surface area contributed by atoms with Crippen molar-refractivity contribution in [2.75, 3.05) is 13.2 Å². The fourth-order valence-corrected chi connectivity index (χ4v) is 1.38. The Morgan fingerprint density at radius 3 is 2.60 bits per heavy atom. The van der Waals surface area contributed by atoms with Crippen molar-refractivity contribution < 1.29 is 19.1 Å². The number of amides is 3. The molecule has 20 heavy (non-hydrogen) atoms. The fraction of sp³-hybridized carbons (Fsp3) is 0.462. The number of hydrogen-bond donors (Lipinski definition) is 2. The summed E-state index contributed by atoms with van der Waals surface area (Å²) < 4.78 is 6.38. The average Bonchev–Trinajstić information content (AvgIpc) is 2.80. The number of hydrogen-bond acceptors (Lipinski definition) is 4. The highest BCUT2D eigenvalue weighted by Crippen LogP contribution is 2.01. The zero-order valence-corrected chi connectivity index (χ0v) is 11.8. The quantitative estimate of drug-likeness (QED) is 0.776. The molecule has 0 bridgehead atoms. The van der Waals surface area contributed by atoms with Gasteiger partial charge in [-0.3, -0.25) is 10.1 Å². The van der Waals surface area contributed by atoms with E-state index in [1.54, 1.807) is 29.9 Å². The smallest absolute Gasteiger partial charge is 0.355 e. The standard InChI is InChI=1S/C13H19N3O4/c1-9(2)7-14-13(19)15-11(17)8-20-12(18)10-5-4-6-16(10)3/h4-6,9H,7-8H2,1-3H3,(H2,14,15,17,19). The van der Waals surface area contributed by atoms with Gasteiger partial charge in [0.15, 0.2) is 6.61 Å². The first kappa shape index (κ1) is 15.7. The molecule has 0 aromatic carbocycles. The number of aromatic nitrogens is 1. The van der Waals surface area contributed by atoms with Crippen molar-refractivity contribution >= 4 is 17.9 Å². The van der Waals surface area contributed by atoms with Crippen molar-refractivity contribution in [2.24, 2.45) is 13.0 Å². The van der Waals surface area contributed by atoms with Gasteiger partial charge in [-0.1, -0.05) is 13.8 Å². The van der Waals surface area contributed by atoms with Crippen molar-refractivity contribution in [2.45, 2.75) is 13.8 Å². The lowest BCUT2D eigenvalue weighted by Gasteiger charge is -2.09. The van der Waals surface area contributed by atoms with E-state index in [1.807, 2.05) is 13.8 Å². The van der Waals surface area contributed by atoms with E-state index in [0.717, 1.165) is 0 Å². The second-order valence-electron chi connectivity index (χ2n) is 4.73. The SMILES string of the molecule is CC(C)CNC(=O)NC(=O)COC(=O)c1cccn1C. The van der Waals surface area contributed by atoms with Crippen LogP contribution in [0.5, 0.6) is 0 Å². The second-order valence-corrected chi connectivity index (χ2v) is 4.73. The van der Waals surface area contributed by atoms with E-state index < -0.39 is 24.5 Å². The molecule has 7 nitrogen and oxygen atoms in total. The van der Waals surface area contributed by atoms with Crippen LogP contribution >= 0.6 is 0 Å².